The van der Waals surface area contributed by atoms with E-state index >= 15 is 0 Å². The third kappa shape index (κ3) is 7.11. The zero-order chi connectivity index (χ0) is 12.6. The zero-order valence-corrected chi connectivity index (χ0v) is 13.9. The average Bonchev–Trinajstić information content (AvgIpc) is 2.45. The van der Waals surface area contributed by atoms with Crippen LogP contribution in [0.3, 0.4) is 0 Å². The SMILES string of the molecule is Cl.Cl.O=C(NCCCN1CCCCC1)C1CCCCN1. The van der Waals surface area contributed by atoms with Crippen LogP contribution in [0.15, 0.2) is 0 Å². The van der Waals surface area contributed by atoms with Gasteiger partial charge in [-0.05, 0) is 58.3 Å². The lowest BCUT2D eigenvalue weighted by molar-refractivity contribution is -0.123. The van der Waals surface area contributed by atoms with Gasteiger partial charge in [0.05, 0.1) is 6.04 Å². The average molecular weight is 326 g/mol. The molecule has 2 heterocycles. The minimum absolute atomic E-state index is 0. The number of amides is 1. The fourth-order valence-corrected chi connectivity index (χ4v) is 2.90. The maximum Gasteiger partial charge on any atom is 0.237 e. The molecule has 2 aliphatic heterocycles. The Bertz CT molecular complexity index is 255. The van der Waals surface area contributed by atoms with E-state index in [0.717, 1.165) is 32.5 Å². The van der Waals surface area contributed by atoms with E-state index in [1.54, 1.807) is 0 Å². The van der Waals surface area contributed by atoms with E-state index in [1.165, 1.54) is 45.2 Å². The van der Waals surface area contributed by atoms with Crippen molar-refractivity contribution in [3.8, 4) is 0 Å². The molecule has 6 heteroatoms. The van der Waals surface area contributed by atoms with Crippen molar-refractivity contribution in [2.24, 2.45) is 0 Å². The first-order valence-corrected chi connectivity index (χ1v) is 7.60. The molecule has 0 aromatic carbocycles. The van der Waals surface area contributed by atoms with Crippen molar-refractivity contribution in [1.82, 2.24) is 15.5 Å². The van der Waals surface area contributed by atoms with Gasteiger partial charge < -0.3 is 15.5 Å². The lowest BCUT2D eigenvalue weighted by Crippen LogP contribution is -2.47. The molecule has 1 amide bonds. The molecule has 0 spiro atoms. The summed E-state index contributed by atoms with van der Waals surface area (Å²) in [5, 5.41) is 6.35. The van der Waals surface area contributed by atoms with Crippen molar-refractivity contribution >= 4 is 30.7 Å². The van der Waals surface area contributed by atoms with E-state index < -0.39 is 0 Å². The second-order valence-corrected chi connectivity index (χ2v) is 5.55. The van der Waals surface area contributed by atoms with Crippen LogP contribution in [0.2, 0.25) is 0 Å². The lowest BCUT2D eigenvalue weighted by atomic mass is 10.0. The number of nitrogens with zero attached hydrogens (tertiary/aromatic N) is 1. The van der Waals surface area contributed by atoms with Crippen molar-refractivity contribution < 1.29 is 4.79 Å². The van der Waals surface area contributed by atoms with Crippen molar-refractivity contribution in [1.29, 1.82) is 0 Å². The Morgan fingerprint density at radius 2 is 1.85 bits per heavy atom. The number of rotatable bonds is 5. The van der Waals surface area contributed by atoms with Gasteiger partial charge in [0.2, 0.25) is 5.91 Å². The Morgan fingerprint density at radius 1 is 1.10 bits per heavy atom. The van der Waals surface area contributed by atoms with E-state index in [0.29, 0.717) is 0 Å². The van der Waals surface area contributed by atoms with Crippen LogP contribution >= 0.6 is 24.8 Å². The number of hydrogen-bond acceptors (Lipinski definition) is 3. The van der Waals surface area contributed by atoms with Crippen LogP contribution in [0.5, 0.6) is 0 Å². The molecule has 0 aromatic rings. The molecular formula is C14H29Cl2N3O. The highest BCUT2D eigenvalue weighted by Crippen LogP contribution is 2.09. The van der Waals surface area contributed by atoms with Crippen molar-refractivity contribution in [3.63, 3.8) is 0 Å². The fourth-order valence-electron chi connectivity index (χ4n) is 2.90. The molecule has 0 radical (unpaired) electrons. The normalized spacial score (nSPS) is 23.3. The third-order valence-corrected chi connectivity index (χ3v) is 4.03. The largest absolute Gasteiger partial charge is 0.355 e. The zero-order valence-electron chi connectivity index (χ0n) is 12.2. The highest BCUT2D eigenvalue weighted by molar-refractivity contribution is 5.85. The van der Waals surface area contributed by atoms with E-state index in [4.69, 9.17) is 0 Å². The molecule has 2 N–H and O–H groups in total. The first-order chi connectivity index (χ1) is 8.86. The molecule has 2 aliphatic rings. The number of piperidine rings is 2. The fraction of sp³-hybridized carbons (Fsp3) is 0.929. The molecule has 0 bridgehead atoms. The van der Waals surface area contributed by atoms with Gasteiger partial charge in [0.25, 0.3) is 0 Å². The van der Waals surface area contributed by atoms with Gasteiger partial charge in [-0.25, -0.2) is 0 Å². The first kappa shape index (κ1) is 20.0. The summed E-state index contributed by atoms with van der Waals surface area (Å²) in [4.78, 5) is 14.4. The van der Waals surface area contributed by atoms with Crippen LogP contribution in [-0.2, 0) is 4.79 Å². The summed E-state index contributed by atoms with van der Waals surface area (Å²) in [6.07, 6.45) is 8.55. The van der Waals surface area contributed by atoms with Gasteiger partial charge in [-0.3, -0.25) is 4.79 Å². The number of likely N-dealkylation sites (tertiary alicyclic amines) is 1. The second-order valence-electron chi connectivity index (χ2n) is 5.55. The molecule has 20 heavy (non-hydrogen) atoms. The van der Waals surface area contributed by atoms with Crippen LogP contribution < -0.4 is 10.6 Å². The molecule has 120 valence electrons. The van der Waals surface area contributed by atoms with E-state index in [1.807, 2.05) is 0 Å². The third-order valence-electron chi connectivity index (χ3n) is 4.03. The number of halogens is 2. The number of carbonyl (C=O) groups is 1. The van der Waals surface area contributed by atoms with Gasteiger partial charge in [-0.2, -0.15) is 0 Å². The predicted molar refractivity (Wildman–Crippen MR) is 88.1 cm³/mol. The van der Waals surface area contributed by atoms with Gasteiger partial charge in [0.1, 0.15) is 0 Å². The maximum absolute atomic E-state index is 11.9. The molecule has 2 rings (SSSR count). The number of hydrogen-bond donors (Lipinski definition) is 2. The Kier molecular flexibility index (Phi) is 11.6. The molecule has 0 aromatic heterocycles. The molecule has 0 saturated carbocycles. The molecular weight excluding hydrogens is 297 g/mol. The minimum atomic E-state index is 0. The van der Waals surface area contributed by atoms with Crippen molar-refractivity contribution in [3.05, 3.63) is 0 Å². The summed E-state index contributed by atoms with van der Waals surface area (Å²) in [5.74, 6) is 0.202. The summed E-state index contributed by atoms with van der Waals surface area (Å²) in [5.41, 5.74) is 0. The van der Waals surface area contributed by atoms with Crippen LogP contribution in [0.25, 0.3) is 0 Å². The standard InChI is InChI=1S/C14H27N3O.2ClH/c18-14(13-7-2-3-8-15-13)16-9-6-12-17-10-4-1-5-11-17;;/h13,15H,1-12H2,(H,16,18);2*1H. The van der Waals surface area contributed by atoms with E-state index in [2.05, 4.69) is 15.5 Å². The summed E-state index contributed by atoms with van der Waals surface area (Å²) in [6.45, 7) is 5.45. The Balaban J connectivity index is 0.00000180. The molecule has 1 atom stereocenters. The summed E-state index contributed by atoms with van der Waals surface area (Å²) in [6, 6.07) is 0.0636. The van der Waals surface area contributed by atoms with Crippen LogP contribution in [0.1, 0.15) is 44.9 Å². The highest BCUT2D eigenvalue weighted by Gasteiger charge is 2.19. The van der Waals surface area contributed by atoms with E-state index in [-0.39, 0.29) is 36.8 Å². The van der Waals surface area contributed by atoms with Gasteiger partial charge in [0, 0.05) is 6.54 Å². The second kappa shape index (κ2) is 11.6. The maximum atomic E-state index is 11.9. The Morgan fingerprint density at radius 3 is 2.50 bits per heavy atom. The predicted octanol–water partition coefficient (Wildman–Crippen LogP) is 1.96. The first-order valence-electron chi connectivity index (χ1n) is 7.60. The molecule has 1 unspecified atom stereocenters. The minimum Gasteiger partial charge on any atom is -0.355 e. The topological polar surface area (TPSA) is 44.4 Å². The Labute approximate surface area is 135 Å². The highest BCUT2D eigenvalue weighted by atomic mass is 35.5. The summed E-state index contributed by atoms with van der Waals surface area (Å²) < 4.78 is 0. The quantitative estimate of drug-likeness (QED) is 0.759. The van der Waals surface area contributed by atoms with E-state index in [9.17, 15) is 4.79 Å². The lowest BCUT2D eigenvalue weighted by Gasteiger charge is -2.26. The number of nitrogens with one attached hydrogen (secondary N) is 2. The molecule has 4 nitrogen and oxygen atoms in total. The molecule has 2 saturated heterocycles. The Hall–Kier alpha value is -0.0300. The monoisotopic (exact) mass is 325 g/mol. The van der Waals surface area contributed by atoms with Crippen molar-refractivity contribution in [2.75, 3.05) is 32.7 Å². The van der Waals surface area contributed by atoms with Crippen LogP contribution in [0, 0.1) is 0 Å². The van der Waals surface area contributed by atoms with Gasteiger partial charge in [-0.15, -0.1) is 24.8 Å². The van der Waals surface area contributed by atoms with Crippen LogP contribution in [-0.4, -0.2) is 49.6 Å². The van der Waals surface area contributed by atoms with Gasteiger partial charge in [-0.1, -0.05) is 12.8 Å². The summed E-state index contributed by atoms with van der Waals surface area (Å²) in [7, 11) is 0. The van der Waals surface area contributed by atoms with Gasteiger partial charge in [0.15, 0.2) is 0 Å². The summed E-state index contributed by atoms with van der Waals surface area (Å²) >= 11 is 0. The van der Waals surface area contributed by atoms with Crippen molar-refractivity contribution in [2.45, 2.75) is 51.0 Å². The smallest absolute Gasteiger partial charge is 0.237 e. The molecule has 0 aliphatic carbocycles. The number of carbonyl (C=O) groups excluding carboxylic acids is 1. The van der Waals surface area contributed by atoms with Gasteiger partial charge >= 0.3 is 0 Å². The molecule has 2 fully saturated rings. The van der Waals surface area contributed by atoms with Crippen LogP contribution in [0.4, 0.5) is 0 Å².